The number of rotatable bonds is 4. The Morgan fingerprint density at radius 2 is 1.58 bits per heavy atom. The Hall–Kier alpha value is -0.770. The summed E-state index contributed by atoms with van der Waals surface area (Å²) in [5, 5.41) is 1.57. The first-order chi connectivity index (χ1) is 9.31. The van der Waals surface area contributed by atoms with Crippen LogP contribution in [0.1, 0.15) is 71.1 Å². The molecule has 0 aromatic heterocycles. The van der Waals surface area contributed by atoms with Gasteiger partial charge in [-0.2, -0.15) is 5.06 Å². The van der Waals surface area contributed by atoms with E-state index in [2.05, 4.69) is 0 Å². The predicted molar refractivity (Wildman–Crippen MR) is 73.7 cm³/mol. The minimum absolute atomic E-state index is 0.208. The molecule has 2 aliphatic carbocycles. The van der Waals surface area contributed by atoms with E-state index in [4.69, 9.17) is 9.57 Å². The highest BCUT2D eigenvalue weighted by Crippen LogP contribution is 2.27. The van der Waals surface area contributed by atoms with Gasteiger partial charge in [0.05, 0.1) is 18.8 Å². The molecule has 0 spiro atoms. The van der Waals surface area contributed by atoms with E-state index in [1.807, 2.05) is 6.92 Å². The minimum Gasteiger partial charge on any atom is -0.448 e. The first-order valence-electron chi connectivity index (χ1n) is 7.94. The van der Waals surface area contributed by atoms with Gasteiger partial charge < -0.3 is 4.74 Å². The summed E-state index contributed by atoms with van der Waals surface area (Å²) in [5.41, 5.74) is 0. The number of hydroxylamine groups is 2. The van der Waals surface area contributed by atoms with Crippen molar-refractivity contribution in [1.82, 2.24) is 5.06 Å². The number of hydrogen-bond donors (Lipinski definition) is 0. The molecule has 19 heavy (non-hydrogen) atoms. The van der Waals surface area contributed by atoms with Crippen molar-refractivity contribution >= 4 is 6.09 Å². The second-order valence-corrected chi connectivity index (χ2v) is 5.68. The smallest absolute Gasteiger partial charge is 0.434 e. The van der Waals surface area contributed by atoms with Gasteiger partial charge in [0, 0.05) is 0 Å². The summed E-state index contributed by atoms with van der Waals surface area (Å²) in [5.74, 6) is 0. The van der Waals surface area contributed by atoms with Gasteiger partial charge in [-0.05, 0) is 32.6 Å². The van der Waals surface area contributed by atoms with Gasteiger partial charge in [0.2, 0.25) is 0 Å². The van der Waals surface area contributed by atoms with Crippen LogP contribution < -0.4 is 0 Å². The molecule has 2 fully saturated rings. The molecule has 0 atom stereocenters. The normalized spacial score (nSPS) is 22.2. The van der Waals surface area contributed by atoms with Crippen molar-refractivity contribution in [3.63, 3.8) is 0 Å². The zero-order valence-corrected chi connectivity index (χ0v) is 12.1. The second-order valence-electron chi connectivity index (χ2n) is 5.68. The molecule has 0 heterocycles. The maximum absolute atomic E-state index is 12.1. The molecule has 4 nitrogen and oxygen atoms in total. The highest BCUT2D eigenvalue weighted by atomic mass is 16.7. The number of carbonyl (C=O) groups excluding carboxylic acids is 1. The molecule has 2 rings (SSSR count). The van der Waals surface area contributed by atoms with E-state index in [1.165, 1.54) is 38.5 Å². The Morgan fingerprint density at radius 3 is 2.16 bits per heavy atom. The van der Waals surface area contributed by atoms with E-state index >= 15 is 0 Å². The van der Waals surface area contributed by atoms with E-state index in [0.29, 0.717) is 6.61 Å². The zero-order valence-electron chi connectivity index (χ0n) is 12.1. The lowest BCUT2D eigenvalue weighted by Gasteiger charge is -2.35. The SMILES string of the molecule is CCOC(=O)N(OC1CCCCC1)C1CCCCC1. The molecule has 0 aromatic carbocycles. The predicted octanol–water partition coefficient (Wildman–Crippen LogP) is 4.04. The molecule has 4 heteroatoms. The van der Waals surface area contributed by atoms with Gasteiger partial charge in [-0.15, -0.1) is 0 Å². The second kappa shape index (κ2) is 7.73. The van der Waals surface area contributed by atoms with Crippen LogP contribution in [0.5, 0.6) is 0 Å². The van der Waals surface area contributed by atoms with Crippen molar-refractivity contribution < 1.29 is 14.4 Å². The Labute approximate surface area is 116 Å². The van der Waals surface area contributed by atoms with Crippen molar-refractivity contribution in [2.24, 2.45) is 0 Å². The van der Waals surface area contributed by atoms with Crippen LogP contribution >= 0.6 is 0 Å². The van der Waals surface area contributed by atoms with Crippen LogP contribution in [0.25, 0.3) is 0 Å². The Kier molecular flexibility index (Phi) is 5.95. The zero-order chi connectivity index (χ0) is 13.5. The van der Waals surface area contributed by atoms with Gasteiger partial charge in [-0.25, -0.2) is 4.79 Å². The molecule has 0 bridgehead atoms. The fourth-order valence-corrected chi connectivity index (χ4v) is 3.11. The Morgan fingerprint density at radius 1 is 1.00 bits per heavy atom. The molecule has 0 aromatic rings. The lowest BCUT2D eigenvalue weighted by atomic mass is 9.95. The quantitative estimate of drug-likeness (QED) is 0.723. The highest BCUT2D eigenvalue weighted by Gasteiger charge is 2.30. The summed E-state index contributed by atoms with van der Waals surface area (Å²) >= 11 is 0. The molecule has 0 saturated heterocycles. The summed E-state index contributed by atoms with van der Waals surface area (Å²) in [6, 6.07) is 0.217. The molecule has 0 radical (unpaired) electrons. The van der Waals surface area contributed by atoms with Crippen molar-refractivity contribution in [2.75, 3.05) is 6.61 Å². The Balaban J connectivity index is 1.93. The van der Waals surface area contributed by atoms with Crippen molar-refractivity contribution in [3.8, 4) is 0 Å². The molecule has 2 aliphatic rings. The van der Waals surface area contributed by atoms with Gasteiger partial charge in [0.15, 0.2) is 0 Å². The number of hydrogen-bond acceptors (Lipinski definition) is 3. The summed E-state index contributed by atoms with van der Waals surface area (Å²) < 4.78 is 5.16. The third kappa shape index (κ3) is 4.37. The highest BCUT2D eigenvalue weighted by molar-refractivity contribution is 5.66. The average Bonchev–Trinajstić information content (AvgIpc) is 2.47. The Bertz CT molecular complexity index is 271. The summed E-state index contributed by atoms with van der Waals surface area (Å²) in [6.45, 7) is 2.26. The summed E-state index contributed by atoms with van der Waals surface area (Å²) in [7, 11) is 0. The van der Waals surface area contributed by atoms with E-state index in [0.717, 1.165) is 25.7 Å². The van der Waals surface area contributed by atoms with Crippen LogP contribution in [0.15, 0.2) is 0 Å². The molecule has 110 valence electrons. The van der Waals surface area contributed by atoms with E-state index in [-0.39, 0.29) is 18.2 Å². The molecule has 2 saturated carbocycles. The van der Waals surface area contributed by atoms with Crippen molar-refractivity contribution in [1.29, 1.82) is 0 Å². The van der Waals surface area contributed by atoms with E-state index in [1.54, 1.807) is 5.06 Å². The lowest BCUT2D eigenvalue weighted by Crippen LogP contribution is -2.44. The van der Waals surface area contributed by atoms with E-state index in [9.17, 15) is 4.79 Å². The fraction of sp³-hybridized carbons (Fsp3) is 0.933. The molecule has 0 unspecified atom stereocenters. The van der Waals surface area contributed by atoms with Crippen LogP contribution in [0, 0.1) is 0 Å². The van der Waals surface area contributed by atoms with Crippen LogP contribution in [0.3, 0.4) is 0 Å². The maximum Gasteiger partial charge on any atom is 0.434 e. The standard InChI is InChI=1S/C15H27NO3/c1-2-18-15(17)16(13-9-5-3-6-10-13)19-14-11-7-4-8-12-14/h13-14H,2-12H2,1H3. The molecular weight excluding hydrogens is 242 g/mol. The number of ether oxygens (including phenoxy) is 1. The van der Waals surface area contributed by atoms with Crippen molar-refractivity contribution in [2.45, 2.75) is 83.3 Å². The lowest BCUT2D eigenvalue weighted by molar-refractivity contribution is -0.207. The van der Waals surface area contributed by atoms with Gasteiger partial charge in [0.1, 0.15) is 0 Å². The van der Waals surface area contributed by atoms with E-state index < -0.39 is 0 Å². The molecule has 0 N–H and O–H groups in total. The molecule has 0 aliphatic heterocycles. The maximum atomic E-state index is 12.1. The van der Waals surface area contributed by atoms with Crippen molar-refractivity contribution in [3.05, 3.63) is 0 Å². The fourth-order valence-electron chi connectivity index (χ4n) is 3.11. The molecule has 1 amide bonds. The number of carbonyl (C=O) groups is 1. The monoisotopic (exact) mass is 269 g/mol. The average molecular weight is 269 g/mol. The van der Waals surface area contributed by atoms with Gasteiger partial charge in [0.25, 0.3) is 0 Å². The van der Waals surface area contributed by atoms with Gasteiger partial charge >= 0.3 is 6.09 Å². The topological polar surface area (TPSA) is 38.8 Å². The third-order valence-corrected chi connectivity index (χ3v) is 4.17. The summed E-state index contributed by atoms with van der Waals surface area (Å²) in [6.07, 6.45) is 11.5. The number of amides is 1. The minimum atomic E-state index is -0.292. The first-order valence-corrected chi connectivity index (χ1v) is 7.94. The number of nitrogens with zero attached hydrogens (tertiary/aromatic N) is 1. The first kappa shape index (κ1) is 14.6. The van der Waals surface area contributed by atoms with Crippen LogP contribution in [-0.4, -0.2) is 29.9 Å². The third-order valence-electron chi connectivity index (χ3n) is 4.17. The van der Waals surface area contributed by atoms with Crippen LogP contribution in [-0.2, 0) is 9.57 Å². The van der Waals surface area contributed by atoms with Crippen LogP contribution in [0.2, 0.25) is 0 Å². The molecular formula is C15H27NO3. The summed E-state index contributed by atoms with van der Waals surface area (Å²) in [4.78, 5) is 18.1. The van der Waals surface area contributed by atoms with Gasteiger partial charge in [-0.3, -0.25) is 4.84 Å². The largest absolute Gasteiger partial charge is 0.448 e. The van der Waals surface area contributed by atoms with Gasteiger partial charge in [-0.1, -0.05) is 38.5 Å². The van der Waals surface area contributed by atoms with Crippen LogP contribution in [0.4, 0.5) is 4.79 Å².